The standard InChI is InChI=1S/C14H18ClN3/c1-2-11(8-10-5-6-10)18-13(9-15)17-12-4-3-7-16-14(12)18/h3-4,7,10-11H,2,5-6,8-9H2,1H3. The molecule has 0 saturated heterocycles. The Bertz CT molecular complexity index is 545. The first-order chi connectivity index (χ1) is 8.83. The highest BCUT2D eigenvalue weighted by atomic mass is 35.5. The number of imidazole rings is 1. The summed E-state index contributed by atoms with van der Waals surface area (Å²) in [6.45, 7) is 2.24. The van der Waals surface area contributed by atoms with Crippen molar-refractivity contribution in [2.24, 2.45) is 5.92 Å². The maximum Gasteiger partial charge on any atom is 0.160 e. The van der Waals surface area contributed by atoms with E-state index in [0.717, 1.165) is 29.3 Å². The van der Waals surface area contributed by atoms with Crippen molar-refractivity contribution in [3.05, 3.63) is 24.2 Å². The average Bonchev–Trinajstić information content (AvgIpc) is 3.15. The summed E-state index contributed by atoms with van der Waals surface area (Å²) in [5.41, 5.74) is 1.95. The molecule has 1 aliphatic carbocycles. The largest absolute Gasteiger partial charge is 0.309 e. The zero-order chi connectivity index (χ0) is 12.5. The number of aromatic nitrogens is 3. The van der Waals surface area contributed by atoms with Crippen molar-refractivity contribution in [3.63, 3.8) is 0 Å². The van der Waals surface area contributed by atoms with Crippen LogP contribution in [-0.4, -0.2) is 14.5 Å². The fraction of sp³-hybridized carbons (Fsp3) is 0.571. The highest BCUT2D eigenvalue weighted by Gasteiger charge is 2.27. The second-order valence-corrected chi connectivity index (χ2v) is 5.39. The van der Waals surface area contributed by atoms with Crippen LogP contribution in [0.1, 0.15) is 44.5 Å². The van der Waals surface area contributed by atoms with Crippen molar-refractivity contribution in [1.29, 1.82) is 0 Å². The van der Waals surface area contributed by atoms with E-state index in [-0.39, 0.29) is 0 Å². The van der Waals surface area contributed by atoms with E-state index in [1.165, 1.54) is 19.3 Å². The lowest BCUT2D eigenvalue weighted by Crippen LogP contribution is -2.12. The molecule has 3 nitrogen and oxygen atoms in total. The van der Waals surface area contributed by atoms with Crippen molar-refractivity contribution in [1.82, 2.24) is 14.5 Å². The predicted octanol–water partition coefficient (Wildman–Crippen LogP) is 3.92. The minimum Gasteiger partial charge on any atom is -0.309 e. The normalized spacial score (nSPS) is 17.2. The number of hydrogen-bond acceptors (Lipinski definition) is 2. The maximum atomic E-state index is 6.05. The van der Waals surface area contributed by atoms with Crippen LogP contribution in [0.2, 0.25) is 0 Å². The highest BCUT2D eigenvalue weighted by Crippen LogP contribution is 2.39. The third kappa shape index (κ3) is 2.12. The highest BCUT2D eigenvalue weighted by molar-refractivity contribution is 6.16. The lowest BCUT2D eigenvalue weighted by molar-refractivity contribution is 0.427. The molecule has 1 atom stereocenters. The molecular weight excluding hydrogens is 246 g/mol. The molecule has 1 aliphatic rings. The SMILES string of the molecule is CCC(CC1CC1)n1c(CCl)nc2cccnc21. The molecule has 0 amide bonds. The lowest BCUT2D eigenvalue weighted by Gasteiger charge is -2.19. The third-order valence-electron chi connectivity index (χ3n) is 3.78. The Balaban J connectivity index is 2.05. The monoisotopic (exact) mass is 263 g/mol. The molecule has 18 heavy (non-hydrogen) atoms. The van der Waals surface area contributed by atoms with Gasteiger partial charge in [0.05, 0.1) is 5.88 Å². The molecule has 2 heterocycles. The third-order valence-corrected chi connectivity index (χ3v) is 4.02. The molecule has 96 valence electrons. The van der Waals surface area contributed by atoms with Crippen LogP contribution in [-0.2, 0) is 5.88 Å². The average molecular weight is 264 g/mol. The van der Waals surface area contributed by atoms with Crippen molar-refractivity contribution in [2.45, 2.75) is 44.5 Å². The zero-order valence-electron chi connectivity index (χ0n) is 10.6. The molecular formula is C14H18ClN3. The van der Waals surface area contributed by atoms with E-state index in [0.29, 0.717) is 11.9 Å². The fourth-order valence-corrected chi connectivity index (χ4v) is 2.84. The maximum absolute atomic E-state index is 6.05. The topological polar surface area (TPSA) is 30.7 Å². The van der Waals surface area contributed by atoms with Gasteiger partial charge in [0.25, 0.3) is 0 Å². The summed E-state index contributed by atoms with van der Waals surface area (Å²) in [5, 5.41) is 0. The minimum atomic E-state index is 0.456. The first-order valence-corrected chi connectivity index (χ1v) is 7.24. The van der Waals surface area contributed by atoms with Crippen LogP contribution in [0.4, 0.5) is 0 Å². The fourth-order valence-electron chi connectivity index (χ4n) is 2.65. The molecule has 0 spiro atoms. The first kappa shape index (κ1) is 12.0. The molecule has 0 bridgehead atoms. The van der Waals surface area contributed by atoms with Gasteiger partial charge in [-0.25, -0.2) is 9.97 Å². The Morgan fingerprint density at radius 1 is 1.50 bits per heavy atom. The first-order valence-electron chi connectivity index (χ1n) is 6.71. The molecule has 0 radical (unpaired) electrons. The summed E-state index contributed by atoms with van der Waals surface area (Å²) < 4.78 is 2.26. The van der Waals surface area contributed by atoms with Crippen LogP contribution in [0.15, 0.2) is 18.3 Å². The van der Waals surface area contributed by atoms with Crippen molar-refractivity contribution >= 4 is 22.8 Å². The van der Waals surface area contributed by atoms with Gasteiger partial charge in [-0.2, -0.15) is 0 Å². The summed E-state index contributed by atoms with van der Waals surface area (Å²) in [6.07, 6.45) is 6.95. The van der Waals surface area contributed by atoms with Gasteiger partial charge in [-0.1, -0.05) is 19.8 Å². The van der Waals surface area contributed by atoms with E-state index in [1.54, 1.807) is 0 Å². The molecule has 1 fully saturated rings. The quantitative estimate of drug-likeness (QED) is 0.766. The van der Waals surface area contributed by atoms with Gasteiger partial charge in [0.2, 0.25) is 0 Å². The number of alkyl halides is 1. The van der Waals surface area contributed by atoms with Crippen molar-refractivity contribution in [2.75, 3.05) is 0 Å². The Kier molecular flexibility index (Phi) is 3.25. The smallest absolute Gasteiger partial charge is 0.160 e. The predicted molar refractivity (Wildman–Crippen MR) is 73.8 cm³/mol. The number of halogens is 1. The molecule has 2 aromatic heterocycles. The molecule has 1 unspecified atom stereocenters. The molecule has 3 rings (SSSR count). The minimum absolute atomic E-state index is 0.456. The van der Waals surface area contributed by atoms with Crippen LogP contribution < -0.4 is 0 Å². The second-order valence-electron chi connectivity index (χ2n) is 5.12. The molecule has 4 heteroatoms. The van der Waals surface area contributed by atoms with Gasteiger partial charge >= 0.3 is 0 Å². The van der Waals surface area contributed by atoms with Crippen molar-refractivity contribution < 1.29 is 0 Å². The Hall–Kier alpha value is -1.09. The summed E-state index contributed by atoms with van der Waals surface area (Å²) in [5.74, 6) is 2.31. The van der Waals surface area contributed by atoms with Crippen LogP contribution >= 0.6 is 11.6 Å². The van der Waals surface area contributed by atoms with E-state index in [9.17, 15) is 0 Å². The van der Waals surface area contributed by atoms with E-state index < -0.39 is 0 Å². The Morgan fingerprint density at radius 2 is 2.33 bits per heavy atom. The van der Waals surface area contributed by atoms with E-state index in [4.69, 9.17) is 11.6 Å². The Labute approximate surface area is 112 Å². The lowest BCUT2D eigenvalue weighted by atomic mass is 10.1. The summed E-state index contributed by atoms with van der Waals surface area (Å²) in [6, 6.07) is 4.43. The van der Waals surface area contributed by atoms with E-state index in [1.807, 2.05) is 18.3 Å². The molecule has 2 aromatic rings. The van der Waals surface area contributed by atoms with Crippen LogP contribution in [0, 0.1) is 5.92 Å². The summed E-state index contributed by atoms with van der Waals surface area (Å²) in [7, 11) is 0. The summed E-state index contributed by atoms with van der Waals surface area (Å²) in [4.78, 5) is 9.08. The Morgan fingerprint density at radius 3 is 3.00 bits per heavy atom. The van der Waals surface area contributed by atoms with Gasteiger partial charge in [-0.3, -0.25) is 0 Å². The summed E-state index contributed by atoms with van der Waals surface area (Å²) >= 11 is 6.05. The van der Waals surface area contributed by atoms with E-state index in [2.05, 4.69) is 21.5 Å². The van der Waals surface area contributed by atoms with Gasteiger partial charge in [-0.05, 0) is 30.9 Å². The van der Waals surface area contributed by atoms with Crippen LogP contribution in [0.3, 0.4) is 0 Å². The number of fused-ring (bicyclic) bond motifs is 1. The zero-order valence-corrected chi connectivity index (χ0v) is 11.4. The molecule has 1 saturated carbocycles. The number of pyridine rings is 1. The molecule has 0 aromatic carbocycles. The second kappa shape index (κ2) is 4.88. The van der Waals surface area contributed by atoms with Gasteiger partial charge in [0.15, 0.2) is 5.65 Å². The van der Waals surface area contributed by atoms with Gasteiger partial charge < -0.3 is 4.57 Å². The van der Waals surface area contributed by atoms with Crippen LogP contribution in [0.25, 0.3) is 11.2 Å². The van der Waals surface area contributed by atoms with Gasteiger partial charge in [-0.15, -0.1) is 11.6 Å². The number of hydrogen-bond donors (Lipinski definition) is 0. The van der Waals surface area contributed by atoms with Crippen molar-refractivity contribution in [3.8, 4) is 0 Å². The molecule has 0 aliphatic heterocycles. The molecule has 0 N–H and O–H groups in total. The van der Waals surface area contributed by atoms with Crippen LogP contribution in [0.5, 0.6) is 0 Å². The van der Waals surface area contributed by atoms with E-state index >= 15 is 0 Å². The van der Waals surface area contributed by atoms with Gasteiger partial charge in [0, 0.05) is 12.2 Å². The number of nitrogens with zero attached hydrogens (tertiary/aromatic N) is 3. The van der Waals surface area contributed by atoms with Gasteiger partial charge in [0.1, 0.15) is 11.3 Å². The number of rotatable bonds is 5.